The van der Waals surface area contributed by atoms with Crippen LogP contribution in [0.1, 0.15) is 62.2 Å². The molecule has 2 fully saturated rings. The van der Waals surface area contributed by atoms with E-state index in [0.29, 0.717) is 5.69 Å². The monoisotopic (exact) mass is 525 g/mol. The van der Waals surface area contributed by atoms with Crippen molar-refractivity contribution in [1.82, 2.24) is 10.2 Å². The van der Waals surface area contributed by atoms with Crippen molar-refractivity contribution in [2.45, 2.75) is 58.2 Å². The SMILES string of the molecule is CCOC(=O)CNC(=O)Nc1cccc(C2OC(CN3CCCCC3)C(C)C(c3ccc(CO)cc3)O2)c1. The Labute approximate surface area is 224 Å². The van der Waals surface area contributed by atoms with Crippen molar-refractivity contribution in [2.24, 2.45) is 5.92 Å². The molecule has 2 amide bonds. The number of carbonyl (C=O) groups excluding carboxylic acids is 2. The Balaban J connectivity index is 1.50. The van der Waals surface area contributed by atoms with Crippen LogP contribution in [0.3, 0.4) is 0 Å². The molecule has 4 rings (SSSR count). The van der Waals surface area contributed by atoms with Crippen LogP contribution >= 0.6 is 0 Å². The van der Waals surface area contributed by atoms with E-state index in [4.69, 9.17) is 14.2 Å². The van der Waals surface area contributed by atoms with E-state index >= 15 is 0 Å². The number of piperidine rings is 1. The number of amides is 2. The zero-order valence-corrected chi connectivity index (χ0v) is 22.2. The molecule has 9 heteroatoms. The van der Waals surface area contributed by atoms with E-state index < -0.39 is 18.3 Å². The third-order valence-corrected chi connectivity index (χ3v) is 7.13. The highest BCUT2D eigenvalue weighted by molar-refractivity contribution is 5.91. The summed E-state index contributed by atoms with van der Waals surface area (Å²) in [6, 6.07) is 14.7. The van der Waals surface area contributed by atoms with Gasteiger partial charge < -0.3 is 34.9 Å². The van der Waals surface area contributed by atoms with Crippen LogP contribution in [0.4, 0.5) is 10.5 Å². The van der Waals surface area contributed by atoms with Gasteiger partial charge in [-0.25, -0.2) is 4.79 Å². The highest BCUT2D eigenvalue weighted by Gasteiger charge is 2.39. The minimum absolute atomic E-state index is 0.00215. The topological polar surface area (TPSA) is 109 Å². The van der Waals surface area contributed by atoms with E-state index in [2.05, 4.69) is 22.5 Å². The van der Waals surface area contributed by atoms with Crippen LogP contribution in [0, 0.1) is 5.92 Å². The van der Waals surface area contributed by atoms with Crippen LogP contribution in [0.25, 0.3) is 0 Å². The standard InChI is InChI=1S/C29H39N3O6/c1-3-36-26(34)17-30-29(35)31-24-9-7-8-23(16-24)28-37-25(18-32-14-5-4-6-15-32)20(2)27(38-28)22-12-10-21(19-33)11-13-22/h7-13,16,20,25,27-28,33H,3-6,14-15,17-19H2,1-2H3,(H2,30,31,35). The lowest BCUT2D eigenvalue weighted by Crippen LogP contribution is -2.45. The quantitative estimate of drug-likeness (QED) is 0.422. The van der Waals surface area contributed by atoms with Crippen molar-refractivity contribution in [3.63, 3.8) is 0 Å². The first-order valence-corrected chi connectivity index (χ1v) is 13.5. The van der Waals surface area contributed by atoms with Crippen molar-refractivity contribution in [1.29, 1.82) is 0 Å². The second-order valence-electron chi connectivity index (χ2n) is 9.92. The number of aliphatic hydroxyl groups is 1. The fraction of sp³-hybridized carbons (Fsp3) is 0.517. The number of rotatable bonds is 9. The maximum absolute atomic E-state index is 12.3. The number of likely N-dealkylation sites (tertiary alicyclic amines) is 1. The number of ether oxygens (including phenoxy) is 3. The molecule has 0 saturated carbocycles. The first kappa shape index (κ1) is 28.0. The third kappa shape index (κ3) is 7.54. The zero-order chi connectivity index (χ0) is 26.9. The minimum atomic E-state index is -0.618. The molecule has 4 unspecified atom stereocenters. The Bertz CT molecular complexity index is 1060. The van der Waals surface area contributed by atoms with Crippen LogP contribution < -0.4 is 10.6 Å². The summed E-state index contributed by atoms with van der Waals surface area (Å²) in [5.41, 5.74) is 3.25. The normalized spacial score (nSPS) is 24.0. The van der Waals surface area contributed by atoms with E-state index in [-0.39, 0.29) is 37.9 Å². The van der Waals surface area contributed by atoms with Gasteiger partial charge in [0, 0.05) is 23.7 Å². The molecule has 0 radical (unpaired) electrons. The van der Waals surface area contributed by atoms with Gasteiger partial charge in [0.05, 0.1) is 25.4 Å². The van der Waals surface area contributed by atoms with Gasteiger partial charge in [-0.1, -0.05) is 49.7 Å². The largest absolute Gasteiger partial charge is 0.465 e. The molecule has 2 aromatic rings. The number of nitrogens with one attached hydrogen (secondary N) is 2. The number of nitrogens with zero attached hydrogens (tertiary/aromatic N) is 1. The average molecular weight is 526 g/mol. The summed E-state index contributed by atoms with van der Waals surface area (Å²) < 4.78 is 17.9. The van der Waals surface area contributed by atoms with Crippen LogP contribution in [0.2, 0.25) is 0 Å². The molecular weight excluding hydrogens is 486 g/mol. The minimum Gasteiger partial charge on any atom is -0.465 e. The lowest BCUT2D eigenvalue weighted by atomic mass is 9.89. The van der Waals surface area contributed by atoms with Gasteiger partial charge in [-0.3, -0.25) is 4.79 Å². The molecule has 3 N–H and O–H groups in total. The van der Waals surface area contributed by atoms with Crippen LogP contribution in [0.5, 0.6) is 0 Å². The molecule has 2 heterocycles. The summed E-state index contributed by atoms with van der Waals surface area (Å²) in [6.07, 6.45) is 2.83. The molecule has 206 valence electrons. The predicted octanol–water partition coefficient (Wildman–Crippen LogP) is 4.14. The molecular formula is C29H39N3O6. The van der Waals surface area contributed by atoms with Crippen molar-refractivity contribution < 1.29 is 28.9 Å². The van der Waals surface area contributed by atoms with Crippen LogP contribution in [-0.2, 0) is 25.6 Å². The van der Waals surface area contributed by atoms with E-state index in [1.807, 2.05) is 42.5 Å². The molecule has 4 atom stereocenters. The van der Waals surface area contributed by atoms with Gasteiger partial charge in [-0.2, -0.15) is 0 Å². The molecule has 0 bridgehead atoms. The second-order valence-corrected chi connectivity index (χ2v) is 9.92. The number of anilines is 1. The Hall–Kier alpha value is -2.98. The number of hydrogen-bond donors (Lipinski definition) is 3. The molecule has 0 spiro atoms. The molecule has 0 aliphatic carbocycles. The van der Waals surface area contributed by atoms with E-state index in [1.54, 1.807) is 13.0 Å². The van der Waals surface area contributed by atoms with Gasteiger partial charge in [0.1, 0.15) is 6.54 Å². The fourth-order valence-corrected chi connectivity index (χ4v) is 5.03. The number of urea groups is 1. The van der Waals surface area contributed by atoms with Gasteiger partial charge in [0.25, 0.3) is 0 Å². The number of hydrogen-bond acceptors (Lipinski definition) is 7. The molecule has 9 nitrogen and oxygen atoms in total. The summed E-state index contributed by atoms with van der Waals surface area (Å²) in [5, 5.41) is 14.7. The van der Waals surface area contributed by atoms with Gasteiger partial charge >= 0.3 is 12.0 Å². The summed E-state index contributed by atoms with van der Waals surface area (Å²) >= 11 is 0. The number of benzene rings is 2. The van der Waals surface area contributed by atoms with Crippen molar-refractivity contribution in [3.8, 4) is 0 Å². The van der Waals surface area contributed by atoms with Crippen LogP contribution in [-0.4, -0.2) is 60.9 Å². The first-order valence-electron chi connectivity index (χ1n) is 13.5. The Morgan fingerprint density at radius 2 is 1.82 bits per heavy atom. The van der Waals surface area contributed by atoms with E-state index in [0.717, 1.165) is 36.3 Å². The molecule has 2 aliphatic heterocycles. The molecule has 2 aliphatic rings. The van der Waals surface area contributed by atoms with Crippen LogP contribution in [0.15, 0.2) is 48.5 Å². The van der Waals surface area contributed by atoms with Gasteiger partial charge in [0.2, 0.25) is 0 Å². The van der Waals surface area contributed by atoms with Gasteiger partial charge in [0.15, 0.2) is 6.29 Å². The summed E-state index contributed by atoms with van der Waals surface area (Å²) in [7, 11) is 0. The maximum Gasteiger partial charge on any atom is 0.325 e. The Kier molecular flexibility index (Phi) is 10.1. The smallest absolute Gasteiger partial charge is 0.325 e. The van der Waals surface area contributed by atoms with E-state index in [9.17, 15) is 14.7 Å². The van der Waals surface area contributed by atoms with Crippen molar-refractivity contribution >= 4 is 17.7 Å². The lowest BCUT2D eigenvalue weighted by molar-refractivity contribution is -0.276. The Morgan fingerprint density at radius 1 is 1.05 bits per heavy atom. The molecule has 2 saturated heterocycles. The molecule has 38 heavy (non-hydrogen) atoms. The molecule has 2 aromatic carbocycles. The number of aliphatic hydroxyl groups excluding tert-OH is 1. The summed E-state index contributed by atoms with van der Waals surface area (Å²) in [4.78, 5) is 26.3. The summed E-state index contributed by atoms with van der Waals surface area (Å²) in [5.74, 6) is -0.379. The van der Waals surface area contributed by atoms with Gasteiger partial charge in [-0.05, 0) is 56.1 Å². The summed E-state index contributed by atoms with van der Waals surface area (Å²) in [6.45, 7) is 6.92. The van der Waals surface area contributed by atoms with Crippen molar-refractivity contribution in [2.75, 3.05) is 38.1 Å². The molecule has 0 aromatic heterocycles. The van der Waals surface area contributed by atoms with Gasteiger partial charge in [-0.15, -0.1) is 0 Å². The maximum atomic E-state index is 12.3. The predicted molar refractivity (Wildman–Crippen MR) is 143 cm³/mol. The fourth-order valence-electron chi connectivity index (χ4n) is 5.03. The number of esters is 1. The van der Waals surface area contributed by atoms with E-state index in [1.165, 1.54) is 19.3 Å². The zero-order valence-electron chi connectivity index (χ0n) is 22.2. The van der Waals surface area contributed by atoms with Crippen molar-refractivity contribution in [3.05, 3.63) is 65.2 Å². The number of carbonyl (C=O) groups is 2. The highest BCUT2D eigenvalue weighted by atomic mass is 16.7. The third-order valence-electron chi connectivity index (χ3n) is 7.13. The highest BCUT2D eigenvalue weighted by Crippen LogP contribution is 2.42. The second kappa shape index (κ2) is 13.7. The lowest BCUT2D eigenvalue weighted by Gasteiger charge is -2.43. The Morgan fingerprint density at radius 3 is 2.53 bits per heavy atom. The first-order chi connectivity index (χ1) is 18.5. The average Bonchev–Trinajstić information content (AvgIpc) is 2.94.